The standard InChI is InChI=1S/C16H10O7/c17-7-5-9-11(14(20)12(7)18)13(19)10-6-3-1-2-4-8(6)23-16(21)15(10)22-9/h1-5,16-18,20-21H. The number of rotatable bonds is 0. The van der Waals surface area contributed by atoms with Gasteiger partial charge in [-0.3, -0.25) is 4.79 Å². The molecule has 0 fully saturated rings. The van der Waals surface area contributed by atoms with Crippen LogP contribution in [-0.2, 0) is 0 Å². The van der Waals surface area contributed by atoms with Crippen molar-refractivity contribution in [3.05, 3.63) is 46.3 Å². The van der Waals surface area contributed by atoms with Gasteiger partial charge in [-0.2, -0.15) is 0 Å². The number of hydrogen-bond donors (Lipinski definition) is 4. The molecule has 0 saturated heterocycles. The van der Waals surface area contributed by atoms with Gasteiger partial charge in [0.2, 0.25) is 11.2 Å². The van der Waals surface area contributed by atoms with Crippen LogP contribution in [0.4, 0.5) is 0 Å². The van der Waals surface area contributed by atoms with Gasteiger partial charge in [0.25, 0.3) is 6.29 Å². The Morgan fingerprint density at radius 2 is 1.78 bits per heavy atom. The van der Waals surface area contributed by atoms with E-state index in [0.717, 1.165) is 6.07 Å². The smallest absolute Gasteiger partial charge is 0.257 e. The Labute approximate surface area is 128 Å². The van der Waals surface area contributed by atoms with Gasteiger partial charge in [-0.15, -0.1) is 0 Å². The molecule has 1 aromatic heterocycles. The molecule has 2 heterocycles. The molecule has 7 heteroatoms. The van der Waals surface area contributed by atoms with Crippen LogP contribution >= 0.6 is 0 Å². The second-order valence-corrected chi connectivity index (χ2v) is 5.10. The third-order valence-corrected chi connectivity index (χ3v) is 3.76. The van der Waals surface area contributed by atoms with Crippen LogP contribution in [0.2, 0.25) is 0 Å². The van der Waals surface area contributed by atoms with Crippen molar-refractivity contribution in [1.82, 2.24) is 0 Å². The zero-order valence-electron chi connectivity index (χ0n) is 11.5. The van der Waals surface area contributed by atoms with Gasteiger partial charge in [-0.25, -0.2) is 0 Å². The summed E-state index contributed by atoms with van der Waals surface area (Å²) >= 11 is 0. The maximum absolute atomic E-state index is 12.8. The summed E-state index contributed by atoms with van der Waals surface area (Å²) in [5, 5.41) is 38.9. The molecule has 0 saturated carbocycles. The number of phenols is 3. The summed E-state index contributed by atoms with van der Waals surface area (Å²) in [4.78, 5) is 12.8. The maximum Gasteiger partial charge on any atom is 0.257 e. The lowest BCUT2D eigenvalue weighted by atomic mass is 9.98. The van der Waals surface area contributed by atoms with E-state index in [1.807, 2.05) is 0 Å². The molecular formula is C16H10O7. The average molecular weight is 314 g/mol. The average Bonchev–Trinajstić information content (AvgIpc) is 2.53. The summed E-state index contributed by atoms with van der Waals surface area (Å²) in [7, 11) is 0. The zero-order valence-corrected chi connectivity index (χ0v) is 11.5. The Morgan fingerprint density at radius 1 is 1.04 bits per heavy atom. The number of aliphatic hydroxyl groups excluding tert-OH is 1. The van der Waals surface area contributed by atoms with Crippen molar-refractivity contribution in [3.63, 3.8) is 0 Å². The fourth-order valence-electron chi connectivity index (χ4n) is 2.71. The van der Waals surface area contributed by atoms with Crippen molar-refractivity contribution in [2.75, 3.05) is 0 Å². The van der Waals surface area contributed by atoms with Crippen molar-refractivity contribution in [1.29, 1.82) is 0 Å². The van der Waals surface area contributed by atoms with Crippen molar-refractivity contribution >= 4 is 11.0 Å². The number of phenolic OH excluding ortho intramolecular Hbond substituents is 3. The van der Waals surface area contributed by atoms with E-state index < -0.39 is 29.0 Å². The second-order valence-electron chi connectivity index (χ2n) is 5.10. The molecule has 0 radical (unpaired) electrons. The molecule has 0 amide bonds. The van der Waals surface area contributed by atoms with Crippen LogP contribution in [0, 0.1) is 0 Å². The summed E-state index contributed by atoms with van der Waals surface area (Å²) in [6.45, 7) is 0. The molecule has 4 rings (SSSR count). The summed E-state index contributed by atoms with van der Waals surface area (Å²) in [5.74, 6) is -2.09. The number of para-hydroxylation sites is 1. The topological polar surface area (TPSA) is 120 Å². The largest absolute Gasteiger partial charge is 0.504 e. The molecule has 116 valence electrons. The van der Waals surface area contributed by atoms with Crippen LogP contribution in [0.1, 0.15) is 12.1 Å². The molecule has 3 aromatic rings. The third-order valence-electron chi connectivity index (χ3n) is 3.76. The minimum absolute atomic E-state index is 0.0345. The van der Waals surface area contributed by atoms with Gasteiger partial charge in [0.1, 0.15) is 16.7 Å². The molecule has 0 bridgehead atoms. The molecular weight excluding hydrogens is 304 g/mol. The summed E-state index contributed by atoms with van der Waals surface area (Å²) in [6.07, 6.45) is -1.50. The SMILES string of the molecule is O=c1c2c(oc3cc(O)c(O)c(O)c13)C(O)Oc1ccccc1-2. The minimum Gasteiger partial charge on any atom is -0.504 e. The highest BCUT2D eigenvalue weighted by Gasteiger charge is 2.31. The van der Waals surface area contributed by atoms with E-state index in [1.54, 1.807) is 24.3 Å². The van der Waals surface area contributed by atoms with Crippen LogP contribution in [0.3, 0.4) is 0 Å². The summed E-state index contributed by atoms with van der Waals surface area (Å²) < 4.78 is 10.7. The Hall–Kier alpha value is -3.19. The minimum atomic E-state index is -1.50. The van der Waals surface area contributed by atoms with E-state index in [1.165, 1.54) is 0 Å². The molecule has 1 aliphatic heterocycles. The predicted octanol–water partition coefficient (Wildman–Crippen LogP) is 1.96. The first-order valence-corrected chi connectivity index (χ1v) is 6.67. The monoisotopic (exact) mass is 314 g/mol. The molecule has 4 N–H and O–H groups in total. The first kappa shape index (κ1) is 13.5. The first-order valence-electron chi connectivity index (χ1n) is 6.67. The number of fused-ring (bicyclic) bond motifs is 4. The van der Waals surface area contributed by atoms with Crippen LogP contribution in [0.25, 0.3) is 22.1 Å². The quantitative estimate of drug-likeness (QED) is 0.468. The molecule has 23 heavy (non-hydrogen) atoms. The van der Waals surface area contributed by atoms with E-state index in [2.05, 4.69) is 0 Å². The van der Waals surface area contributed by atoms with Crippen molar-refractivity contribution < 1.29 is 29.6 Å². The van der Waals surface area contributed by atoms with E-state index in [4.69, 9.17) is 9.15 Å². The fraction of sp³-hybridized carbons (Fsp3) is 0.0625. The Balaban J connectivity index is 2.20. The summed E-state index contributed by atoms with van der Waals surface area (Å²) in [5.41, 5.74) is -0.393. The van der Waals surface area contributed by atoms with Crippen LogP contribution in [-0.4, -0.2) is 20.4 Å². The van der Waals surface area contributed by atoms with Crippen LogP contribution < -0.4 is 10.2 Å². The molecule has 7 nitrogen and oxygen atoms in total. The molecule has 0 spiro atoms. The Morgan fingerprint density at radius 3 is 2.57 bits per heavy atom. The van der Waals surface area contributed by atoms with Gasteiger partial charge < -0.3 is 29.6 Å². The first-order chi connectivity index (χ1) is 11.0. The highest BCUT2D eigenvalue weighted by atomic mass is 16.6. The molecule has 0 aliphatic carbocycles. The fourth-order valence-corrected chi connectivity index (χ4v) is 2.71. The van der Waals surface area contributed by atoms with E-state index in [9.17, 15) is 25.2 Å². The van der Waals surface area contributed by atoms with Crippen molar-refractivity contribution in [2.24, 2.45) is 0 Å². The lowest BCUT2D eigenvalue weighted by Crippen LogP contribution is -2.19. The van der Waals surface area contributed by atoms with E-state index >= 15 is 0 Å². The lowest BCUT2D eigenvalue weighted by Gasteiger charge is -2.23. The third kappa shape index (κ3) is 1.71. The van der Waals surface area contributed by atoms with Gasteiger partial charge >= 0.3 is 0 Å². The lowest BCUT2D eigenvalue weighted by molar-refractivity contribution is -0.0376. The Kier molecular flexibility index (Phi) is 2.58. The zero-order chi connectivity index (χ0) is 16.3. The number of aromatic hydroxyl groups is 3. The number of ether oxygens (including phenoxy) is 1. The van der Waals surface area contributed by atoms with Crippen LogP contribution in [0.15, 0.2) is 39.5 Å². The Bertz CT molecular complexity index is 1020. The predicted molar refractivity (Wildman–Crippen MR) is 78.5 cm³/mol. The maximum atomic E-state index is 12.8. The van der Waals surface area contributed by atoms with Gasteiger partial charge in [-0.05, 0) is 6.07 Å². The summed E-state index contributed by atoms with van der Waals surface area (Å²) in [6, 6.07) is 7.54. The van der Waals surface area contributed by atoms with Gasteiger partial charge in [0, 0.05) is 11.6 Å². The van der Waals surface area contributed by atoms with Crippen molar-refractivity contribution in [2.45, 2.75) is 6.29 Å². The molecule has 1 aliphatic rings. The van der Waals surface area contributed by atoms with E-state index in [0.29, 0.717) is 11.3 Å². The number of hydrogen-bond acceptors (Lipinski definition) is 7. The number of aliphatic hydroxyl groups is 1. The highest BCUT2D eigenvalue weighted by molar-refractivity contribution is 5.92. The normalized spacial score (nSPS) is 15.8. The van der Waals surface area contributed by atoms with Gasteiger partial charge in [0.15, 0.2) is 17.3 Å². The molecule has 1 unspecified atom stereocenters. The van der Waals surface area contributed by atoms with Gasteiger partial charge in [0.05, 0.1) is 5.56 Å². The molecule has 2 aromatic carbocycles. The van der Waals surface area contributed by atoms with Gasteiger partial charge in [-0.1, -0.05) is 18.2 Å². The molecule has 1 atom stereocenters. The van der Waals surface area contributed by atoms with Crippen LogP contribution in [0.5, 0.6) is 23.0 Å². The highest BCUT2D eigenvalue weighted by Crippen LogP contribution is 2.45. The number of benzene rings is 2. The second kappa shape index (κ2) is 4.40. The van der Waals surface area contributed by atoms with E-state index in [-0.39, 0.29) is 22.3 Å². The van der Waals surface area contributed by atoms with Crippen molar-refractivity contribution in [3.8, 4) is 34.1 Å².